The van der Waals surface area contributed by atoms with E-state index in [9.17, 15) is 8.42 Å². The maximum absolute atomic E-state index is 12.1. The summed E-state index contributed by atoms with van der Waals surface area (Å²) in [5.74, 6) is 0. The third kappa shape index (κ3) is 2.90. The Morgan fingerprint density at radius 1 is 1.28 bits per heavy atom. The van der Waals surface area contributed by atoms with Crippen LogP contribution in [-0.4, -0.2) is 8.42 Å². The third-order valence-electron chi connectivity index (χ3n) is 2.44. The van der Waals surface area contributed by atoms with Crippen LogP contribution in [0.5, 0.6) is 0 Å². The summed E-state index contributed by atoms with van der Waals surface area (Å²) in [5.41, 5.74) is 7.11. The van der Waals surface area contributed by atoms with E-state index in [-0.39, 0.29) is 4.90 Å². The molecule has 0 aliphatic heterocycles. The molecule has 0 amide bonds. The molecule has 3 N–H and O–H groups in total. The van der Waals surface area contributed by atoms with E-state index in [1.165, 1.54) is 11.3 Å². The van der Waals surface area contributed by atoms with E-state index in [0.717, 1.165) is 10.4 Å². The van der Waals surface area contributed by atoms with Gasteiger partial charge in [0.15, 0.2) is 0 Å². The third-order valence-corrected chi connectivity index (χ3v) is 4.91. The van der Waals surface area contributed by atoms with Crippen molar-refractivity contribution in [2.45, 2.75) is 18.4 Å². The van der Waals surface area contributed by atoms with Crippen LogP contribution < -0.4 is 10.5 Å². The summed E-state index contributed by atoms with van der Waals surface area (Å²) in [4.78, 5) is 1.10. The maximum atomic E-state index is 12.1. The van der Waals surface area contributed by atoms with Crippen molar-refractivity contribution < 1.29 is 8.42 Å². The van der Waals surface area contributed by atoms with E-state index in [1.54, 1.807) is 23.6 Å². The molecular weight excluding hydrogens is 268 g/mol. The van der Waals surface area contributed by atoms with E-state index >= 15 is 0 Å². The second kappa shape index (κ2) is 5.09. The predicted molar refractivity (Wildman–Crippen MR) is 74.2 cm³/mol. The Hall–Kier alpha value is -1.37. The first-order valence-corrected chi connectivity index (χ1v) is 7.74. The summed E-state index contributed by atoms with van der Waals surface area (Å²) in [6.45, 7) is 2.30. The molecule has 0 saturated carbocycles. The van der Waals surface area contributed by atoms with Gasteiger partial charge in [0.25, 0.3) is 10.0 Å². The van der Waals surface area contributed by atoms with Crippen LogP contribution in [0.3, 0.4) is 0 Å². The lowest BCUT2D eigenvalue weighted by atomic mass is 10.2. The lowest BCUT2D eigenvalue weighted by Gasteiger charge is -2.06. The molecule has 1 aromatic heterocycles. The molecule has 0 saturated heterocycles. The van der Waals surface area contributed by atoms with Gasteiger partial charge in [-0.1, -0.05) is 17.7 Å². The molecule has 0 bridgehead atoms. The van der Waals surface area contributed by atoms with Gasteiger partial charge >= 0.3 is 0 Å². The number of nitrogens with one attached hydrogen (secondary N) is 1. The zero-order chi connectivity index (χ0) is 13.2. The average Bonchev–Trinajstić information content (AvgIpc) is 2.81. The molecule has 2 rings (SSSR count). The molecule has 6 heteroatoms. The van der Waals surface area contributed by atoms with E-state index in [0.29, 0.717) is 12.2 Å². The van der Waals surface area contributed by atoms with Gasteiger partial charge in [-0.05, 0) is 25.1 Å². The normalized spacial score (nSPS) is 11.4. The molecule has 2 aromatic rings. The predicted octanol–water partition coefficient (Wildman–Crippen LogP) is 2.32. The number of nitrogens with two attached hydrogens (primary N) is 1. The molecule has 96 valence electrons. The van der Waals surface area contributed by atoms with Gasteiger partial charge in [0.2, 0.25) is 0 Å². The van der Waals surface area contributed by atoms with Gasteiger partial charge in [-0.25, -0.2) is 8.42 Å². The van der Waals surface area contributed by atoms with Crippen LogP contribution in [0.15, 0.2) is 40.6 Å². The van der Waals surface area contributed by atoms with Crippen LogP contribution in [-0.2, 0) is 16.6 Å². The number of thiophene rings is 1. The van der Waals surface area contributed by atoms with Crippen molar-refractivity contribution in [3.8, 4) is 0 Å². The number of hydrogen-bond donors (Lipinski definition) is 2. The quantitative estimate of drug-likeness (QED) is 0.904. The summed E-state index contributed by atoms with van der Waals surface area (Å²) in [5, 5.41) is 1.60. The van der Waals surface area contributed by atoms with Crippen LogP contribution in [0, 0.1) is 6.92 Å². The van der Waals surface area contributed by atoms with E-state index in [2.05, 4.69) is 4.72 Å². The highest BCUT2D eigenvalue weighted by molar-refractivity contribution is 7.92. The Morgan fingerprint density at radius 3 is 2.50 bits per heavy atom. The highest BCUT2D eigenvalue weighted by atomic mass is 32.2. The number of sulfonamides is 1. The van der Waals surface area contributed by atoms with Gasteiger partial charge in [-0.2, -0.15) is 0 Å². The number of benzene rings is 1. The van der Waals surface area contributed by atoms with E-state index in [1.807, 2.05) is 19.1 Å². The standard InChI is InChI=1S/C12H14N2O2S2/c1-9-2-4-10(5-3-9)14-18(15,16)12-6-11(7-13)17-8-12/h2-6,8,14H,7,13H2,1H3. The van der Waals surface area contributed by atoms with Gasteiger partial charge in [-0.15, -0.1) is 11.3 Å². The minimum atomic E-state index is -3.51. The molecule has 0 fully saturated rings. The zero-order valence-corrected chi connectivity index (χ0v) is 11.5. The number of hydrogen-bond acceptors (Lipinski definition) is 4. The van der Waals surface area contributed by atoms with Crippen molar-refractivity contribution in [3.05, 3.63) is 46.2 Å². The summed E-state index contributed by atoms with van der Waals surface area (Å²) in [6, 6.07) is 8.79. The van der Waals surface area contributed by atoms with Crippen LogP contribution in [0.4, 0.5) is 5.69 Å². The largest absolute Gasteiger partial charge is 0.326 e. The van der Waals surface area contributed by atoms with Gasteiger partial charge in [0, 0.05) is 22.5 Å². The van der Waals surface area contributed by atoms with Crippen LogP contribution in [0.2, 0.25) is 0 Å². The van der Waals surface area contributed by atoms with E-state index in [4.69, 9.17) is 5.73 Å². The Bertz CT molecular complexity index is 630. The van der Waals surface area contributed by atoms with Crippen LogP contribution >= 0.6 is 11.3 Å². The van der Waals surface area contributed by atoms with Gasteiger partial charge < -0.3 is 5.73 Å². The van der Waals surface area contributed by atoms with Crippen molar-refractivity contribution in [3.63, 3.8) is 0 Å². The molecule has 0 aliphatic carbocycles. The zero-order valence-electron chi connectivity index (χ0n) is 9.88. The first-order chi connectivity index (χ1) is 8.51. The minimum Gasteiger partial charge on any atom is -0.326 e. The van der Waals surface area contributed by atoms with Crippen molar-refractivity contribution in [1.82, 2.24) is 0 Å². The summed E-state index contributed by atoms with van der Waals surface area (Å²) in [7, 11) is -3.51. The summed E-state index contributed by atoms with van der Waals surface area (Å²) >= 11 is 1.35. The lowest BCUT2D eigenvalue weighted by molar-refractivity contribution is 0.601. The number of aryl methyl sites for hydroxylation is 1. The molecule has 1 aromatic carbocycles. The molecule has 0 aliphatic rings. The van der Waals surface area contributed by atoms with Crippen molar-refractivity contribution >= 4 is 27.0 Å². The smallest absolute Gasteiger partial charge is 0.262 e. The lowest BCUT2D eigenvalue weighted by Crippen LogP contribution is -2.12. The highest BCUT2D eigenvalue weighted by Crippen LogP contribution is 2.21. The fraction of sp³-hybridized carbons (Fsp3) is 0.167. The topological polar surface area (TPSA) is 72.2 Å². The first kappa shape index (κ1) is 13.1. The van der Waals surface area contributed by atoms with Gasteiger partial charge in [0.05, 0.1) is 4.90 Å². The molecule has 4 nitrogen and oxygen atoms in total. The maximum Gasteiger partial charge on any atom is 0.262 e. The minimum absolute atomic E-state index is 0.258. The first-order valence-electron chi connectivity index (χ1n) is 5.38. The number of anilines is 1. The van der Waals surface area contributed by atoms with Gasteiger partial charge in [-0.3, -0.25) is 4.72 Å². The highest BCUT2D eigenvalue weighted by Gasteiger charge is 2.15. The molecule has 0 radical (unpaired) electrons. The molecular formula is C12H14N2O2S2. The van der Waals surface area contributed by atoms with Crippen molar-refractivity contribution in [2.24, 2.45) is 5.73 Å². The van der Waals surface area contributed by atoms with Gasteiger partial charge in [0.1, 0.15) is 0 Å². The van der Waals surface area contributed by atoms with E-state index < -0.39 is 10.0 Å². The van der Waals surface area contributed by atoms with Crippen LogP contribution in [0.25, 0.3) is 0 Å². The SMILES string of the molecule is Cc1ccc(NS(=O)(=O)c2csc(CN)c2)cc1. The Labute approximate surface area is 111 Å². The van der Waals surface area contributed by atoms with Crippen molar-refractivity contribution in [2.75, 3.05) is 4.72 Å². The monoisotopic (exact) mass is 282 g/mol. The Morgan fingerprint density at radius 2 is 1.94 bits per heavy atom. The van der Waals surface area contributed by atoms with Crippen LogP contribution in [0.1, 0.15) is 10.4 Å². The summed E-state index contributed by atoms with van der Waals surface area (Å²) in [6.07, 6.45) is 0. The summed E-state index contributed by atoms with van der Waals surface area (Å²) < 4.78 is 26.7. The Balaban J connectivity index is 2.24. The molecule has 0 unspecified atom stereocenters. The number of rotatable bonds is 4. The molecule has 18 heavy (non-hydrogen) atoms. The second-order valence-electron chi connectivity index (χ2n) is 3.92. The Kier molecular flexibility index (Phi) is 3.70. The average molecular weight is 282 g/mol. The molecule has 0 atom stereocenters. The molecule has 0 spiro atoms. The van der Waals surface area contributed by atoms with Crippen molar-refractivity contribution in [1.29, 1.82) is 0 Å². The fourth-order valence-electron chi connectivity index (χ4n) is 1.44. The second-order valence-corrected chi connectivity index (χ2v) is 6.60. The fourth-order valence-corrected chi connectivity index (χ4v) is 3.66. The molecule has 1 heterocycles.